The fourth-order valence-corrected chi connectivity index (χ4v) is 2.26. The number of carbonyl (C=O) groups excluding carboxylic acids is 1. The SMILES string of the molecule is Cc1ccc(N2CCN(C)C(=O)C2)cc1I. The van der Waals surface area contributed by atoms with Crippen LogP contribution in [0.2, 0.25) is 0 Å². The van der Waals surface area contributed by atoms with Crippen LogP contribution in [0.15, 0.2) is 18.2 Å². The molecule has 2 rings (SSSR count). The van der Waals surface area contributed by atoms with E-state index in [4.69, 9.17) is 0 Å². The molecule has 0 spiro atoms. The van der Waals surface area contributed by atoms with E-state index in [-0.39, 0.29) is 5.91 Å². The van der Waals surface area contributed by atoms with Gasteiger partial charge in [-0.05, 0) is 47.2 Å². The van der Waals surface area contributed by atoms with E-state index in [0.717, 1.165) is 18.8 Å². The van der Waals surface area contributed by atoms with Crippen molar-refractivity contribution in [3.8, 4) is 0 Å². The number of amides is 1. The Morgan fingerprint density at radius 2 is 2.06 bits per heavy atom. The van der Waals surface area contributed by atoms with Gasteiger partial charge in [0.05, 0.1) is 6.54 Å². The van der Waals surface area contributed by atoms with Gasteiger partial charge >= 0.3 is 0 Å². The molecular weight excluding hydrogens is 315 g/mol. The van der Waals surface area contributed by atoms with E-state index in [2.05, 4.69) is 52.6 Å². The second-order valence-electron chi connectivity index (χ2n) is 4.17. The summed E-state index contributed by atoms with van der Waals surface area (Å²) in [6.45, 7) is 4.32. The lowest BCUT2D eigenvalue weighted by Crippen LogP contribution is -2.48. The molecule has 1 saturated heterocycles. The number of benzene rings is 1. The van der Waals surface area contributed by atoms with Gasteiger partial charge in [-0.25, -0.2) is 0 Å². The van der Waals surface area contributed by atoms with Crippen molar-refractivity contribution in [1.29, 1.82) is 0 Å². The Morgan fingerprint density at radius 3 is 2.69 bits per heavy atom. The first-order chi connectivity index (χ1) is 7.58. The molecule has 86 valence electrons. The third kappa shape index (κ3) is 2.31. The Bertz CT molecular complexity index is 419. The summed E-state index contributed by atoms with van der Waals surface area (Å²) in [5.41, 5.74) is 2.43. The zero-order chi connectivity index (χ0) is 11.7. The summed E-state index contributed by atoms with van der Waals surface area (Å²) >= 11 is 2.33. The molecule has 0 radical (unpaired) electrons. The van der Waals surface area contributed by atoms with E-state index in [9.17, 15) is 4.79 Å². The topological polar surface area (TPSA) is 23.6 Å². The molecule has 1 fully saturated rings. The molecule has 0 aromatic heterocycles. The standard InChI is InChI=1S/C12H15IN2O/c1-9-3-4-10(7-11(9)13)15-6-5-14(2)12(16)8-15/h3-4,7H,5-6,8H2,1-2H3. The molecule has 3 nitrogen and oxygen atoms in total. The normalized spacial score (nSPS) is 16.8. The van der Waals surface area contributed by atoms with Crippen molar-refractivity contribution in [2.45, 2.75) is 6.92 Å². The van der Waals surface area contributed by atoms with Gasteiger partial charge in [-0.2, -0.15) is 0 Å². The molecule has 1 aliphatic heterocycles. The van der Waals surface area contributed by atoms with E-state index in [1.165, 1.54) is 9.13 Å². The van der Waals surface area contributed by atoms with Crippen LogP contribution in [-0.4, -0.2) is 37.5 Å². The first-order valence-corrected chi connectivity index (χ1v) is 6.41. The monoisotopic (exact) mass is 330 g/mol. The number of anilines is 1. The van der Waals surface area contributed by atoms with Crippen molar-refractivity contribution in [3.05, 3.63) is 27.3 Å². The van der Waals surface area contributed by atoms with Crippen LogP contribution < -0.4 is 4.90 Å². The van der Waals surface area contributed by atoms with Gasteiger partial charge in [0, 0.05) is 29.4 Å². The number of likely N-dealkylation sites (N-methyl/N-ethyl adjacent to an activating group) is 1. The van der Waals surface area contributed by atoms with E-state index in [0.29, 0.717) is 6.54 Å². The molecule has 16 heavy (non-hydrogen) atoms. The van der Waals surface area contributed by atoms with Gasteiger partial charge in [0.2, 0.25) is 5.91 Å². The molecule has 0 atom stereocenters. The van der Waals surface area contributed by atoms with E-state index >= 15 is 0 Å². The van der Waals surface area contributed by atoms with Gasteiger partial charge in [-0.1, -0.05) is 6.07 Å². The molecule has 1 amide bonds. The lowest BCUT2D eigenvalue weighted by atomic mass is 10.2. The van der Waals surface area contributed by atoms with Crippen LogP contribution >= 0.6 is 22.6 Å². The van der Waals surface area contributed by atoms with Crippen LogP contribution in [0.25, 0.3) is 0 Å². The van der Waals surface area contributed by atoms with Crippen molar-refractivity contribution in [2.24, 2.45) is 0 Å². The third-order valence-electron chi connectivity index (χ3n) is 2.98. The zero-order valence-electron chi connectivity index (χ0n) is 9.53. The molecule has 1 aromatic rings. The number of piperazine rings is 1. The minimum atomic E-state index is 0.196. The summed E-state index contributed by atoms with van der Waals surface area (Å²) in [5.74, 6) is 0.196. The van der Waals surface area contributed by atoms with Gasteiger partial charge in [0.15, 0.2) is 0 Å². The number of aryl methyl sites for hydroxylation is 1. The maximum atomic E-state index is 11.6. The summed E-state index contributed by atoms with van der Waals surface area (Å²) in [5, 5.41) is 0. The molecule has 4 heteroatoms. The van der Waals surface area contributed by atoms with Gasteiger partial charge in [-0.3, -0.25) is 4.79 Å². The molecule has 1 aliphatic rings. The van der Waals surface area contributed by atoms with Crippen molar-refractivity contribution in [3.63, 3.8) is 0 Å². The average molecular weight is 330 g/mol. The molecule has 0 N–H and O–H groups in total. The Kier molecular flexibility index (Phi) is 3.37. The van der Waals surface area contributed by atoms with Crippen molar-refractivity contribution in [1.82, 2.24) is 4.90 Å². The van der Waals surface area contributed by atoms with Gasteiger partial charge in [0.1, 0.15) is 0 Å². The van der Waals surface area contributed by atoms with Gasteiger partial charge in [0.25, 0.3) is 0 Å². The smallest absolute Gasteiger partial charge is 0.241 e. The quantitative estimate of drug-likeness (QED) is 0.734. The minimum absolute atomic E-state index is 0.196. The van der Waals surface area contributed by atoms with Gasteiger partial charge < -0.3 is 9.80 Å². The van der Waals surface area contributed by atoms with Crippen LogP contribution in [0.3, 0.4) is 0 Å². The highest BCUT2D eigenvalue weighted by molar-refractivity contribution is 14.1. The summed E-state index contributed by atoms with van der Waals surface area (Å²) < 4.78 is 1.25. The minimum Gasteiger partial charge on any atom is -0.360 e. The zero-order valence-corrected chi connectivity index (χ0v) is 11.7. The fraction of sp³-hybridized carbons (Fsp3) is 0.417. The van der Waals surface area contributed by atoms with E-state index in [1.54, 1.807) is 4.90 Å². The molecule has 0 bridgehead atoms. The Balaban J connectivity index is 2.18. The highest BCUT2D eigenvalue weighted by atomic mass is 127. The number of hydrogen-bond acceptors (Lipinski definition) is 2. The predicted molar refractivity (Wildman–Crippen MR) is 73.7 cm³/mol. The summed E-state index contributed by atoms with van der Waals surface area (Å²) in [4.78, 5) is 15.5. The number of halogens is 1. The molecular formula is C12H15IN2O. The number of nitrogens with zero attached hydrogens (tertiary/aromatic N) is 2. The first-order valence-electron chi connectivity index (χ1n) is 5.33. The molecule has 0 saturated carbocycles. The maximum Gasteiger partial charge on any atom is 0.241 e. The second-order valence-corrected chi connectivity index (χ2v) is 5.33. The average Bonchev–Trinajstić information content (AvgIpc) is 2.26. The molecule has 1 heterocycles. The van der Waals surface area contributed by atoms with Crippen LogP contribution in [0, 0.1) is 10.5 Å². The van der Waals surface area contributed by atoms with Crippen LogP contribution in [0.1, 0.15) is 5.56 Å². The first kappa shape index (κ1) is 11.7. The van der Waals surface area contributed by atoms with Gasteiger partial charge in [-0.15, -0.1) is 0 Å². The lowest BCUT2D eigenvalue weighted by molar-refractivity contribution is -0.129. The predicted octanol–water partition coefficient (Wildman–Crippen LogP) is 1.88. The Morgan fingerprint density at radius 1 is 1.31 bits per heavy atom. The van der Waals surface area contributed by atoms with Crippen molar-refractivity contribution >= 4 is 34.2 Å². The Labute approximate surface area is 110 Å². The van der Waals surface area contributed by atoms with E-state index in [1.807, 2.05) is 7.05 Å². The molecule has 0 aliphatic carbocycles. The van der Waals surface area contributed by atoms with Crippen molar-refractivity contribution in [2.75, 3.05) is 31.6 Å². The third-order valence-corrected chi connectivity index (χ3v) is 4.14. The fourth-order valence-electron chi connectivity index (χ4n) is 1.76. The van der Waals surface area contributed by atoms with E-state index < -0.39 is 0 Å². The summed E-state index contributed by atoms with van der Waals surface area (Å²) in [6.07, 6.45) is 0. The highest BCUT2D eigenvalue weighted by Gasteiger charge is 2.21. The Hall–Kier alpha value is -0.780. The second kappa shape index (κ2) is 4.61. The summed E-state index contributed by atoms with van der Waals surface area (Å²) in [6, 6.07) is 6.35. The molecule has 1 aromatic carbocycles. The van der Waals surface area contributed by atoms with Crippen molar-refractivity contribution < 1.29 is 4.79 Å². The number of rotatable bonds is 1. The molecule has 0 unspecified atom stereocenters. The highest BCUT2D eigenvalue weighted by Crippen LogP contribution is 2.21. The number of carbonyl (C=O) groups is 1. The maximum absolute atomic E-state index is 11.6. The summed E-state index contributed by atoms with van der Waals surface area (Å²) in [7, 11) is 1.86. The largest absolute Gasteiger partial charge is 0.360 e. The van der Waals surface area contributed by atoms with Crippen LogP contribution in [0.4, 0.5) is 5.69 Å². The number of hydrogen-bond donors (Lipinski definition) is 0. The lowest BCUT2D eigenvalue weighted by Gasteiger charge is -2.33. The van der Waals surface area contributed by atoms with Crippen LogP contribution in [-0.2, 0) is 4.79 Å². The van der Waals surface area contributed by atoms with Crippen LogP contribution in [0.5, 0.6) is 0 Å².